The number of thioether (sulfide) groups is 1. The number of aryl methyl sites for hydroxylation is 1. The molecule has 2 fully saturated rings. The highest BCUT2D eigenvalue weighted by molar-refractivity contribution is 8.18. The van der Waals surface area contributed by atoms with Crippen LogP contribution in [0.3, 0.4) is 0 Å². The fourth-order valence-electron chi connectivity index (χ4n) is 3.66. The van der Waals surface area contributed by atoms with Crippen molar-refractivity contribution >= 4 is 51.9 Å². The van der Waals surface area contributed by atoms with E-state index in [-0.39, 0.29) is 5.91 Å². The number of nitrogens with one attached hydrogen (secondary N) is 1. The molecule has 31 heavy (non-hydrogen) atoms. The maximum absolute atomic E-state index is 12.6. The van der Waals surface area contributed by atoms with Gasteiger partial charge in [0.2, 0.25) is 0 Å². The summed E-state index contributed by atoms with van der Waals surface area (Å²) in [7, 11) is 3.29. The number of ether oxygens (including phenoxy) is 2. The number of carbonyl (C=O) groups excluding carboxylic acids is 1. The Morgan fingerprint density at radius 3 is 2.58 bits per heavy atom. The third-order valence-corrected chi connectivity index (χ3v) is 6.45. The molecule has 2 aliphatic rings. The first kappa shape index (κ1) is 21.6. The summed E-state index contributed by atoms with van der Waals surface area (Å²) in [4.78, 5) is 20.0. The van der Waals surface area contributed by atoms with Gasteiger partial charge >= 0.3 is 0 Å². The predicted molar refractivity (Wildman–Crippen MR) is 128 cm³/mol. The lowest BCUT2D eigenvalue weighted by Crippen LogP contribution is -2.19. The smallest absolute Gasteiger partial charge is 0.264 e. The van der Waals surface area contributed by atoms with E-state index in [0.29, 0.717) is 20.8 Å². The van der Waals surface area contributed by atoms with Crippen LogP contribution in [0.2, 0.25) is 5.02 Å². The van der Waals surface area contributed by atoms with Gasteiger partial charge in [-0.25, -0.2) is 4.99 Å². The molecular weight excluding hydrogens is 434 g/mol. The number of nitrogens with zero attached hydrogens (tertiary/aromatic N) is 2. The first-order valence-electron chi connectivity index (χ1n) is 10.0. The van der Waals surface area contributed by atoms with Gasteiger partial charge in [0.25, 0.3) is 5.91 Å². The fraction of sp³-hybridized carbons (Fsp3) is 0.304. The Balaban J connectivity index is 1.65. The second-order valence-electron chi connectivity index (χ2n) is 7.37. The zero-order valence-corrected chi connectivity index (χ0v) is 19.3. The highest BCUT2D eigenvalue weighted by Crippen LogP contribution is 2.39. The molecular formula is C23H24ClN3O3S. The number of hydrogen-bond acceptors (Lipinski definition) is 6. The highest BCUT2D eigenvalue weighted by Gasteiger charge is 2.25. The standard InChI is InChI=1S/C23H24ClN3O3S/c1-14-6-7-16(24)12-17(14)25-23-26-22(28)21(31-23)11-15-10-20(30-3)18(13-19(15)29-2)27-8-4-5-9-27/h6-7,10-13H,4-5,8-9H2,1-3H3,(H,25,26,28)/b21-11-. The molecule has 0 atom stereocenters. The predicted octanol–water partition coefficient (Wildman–Crippen LogP) is 5.16. The maximum atomic E-state index is 12.6. The van der Waals surface area contributed by atoms with Crippen LogP contribution in [0.15, 0.2) is 40.2 Å². The number of amides is 1. The summed E-state index contributed by atoms with van der Waals surface area (Å²) in [5.41, 5.74) is 3.50. The number of benzene rings is 2. The minimum absolute atomic E-state index is 0.201. The topological polar surface area (TPSA) is 63.2 Å². The molecule has 0 aliphatic carbocycles. The van der Waals surface area contributed by atoms with Crippen LogP contribution < -0.4 is 19.7 Å². The summed E-state index contributed by atoms with van der Waals surface area (Å²) >= 11 is 7.37. The maximum Gasteiger partial charge on any atom is 0.264 e. The number of anilines is 1. The first-order valence-corrected chi connectivity index (χ1v) is 11.2. The van der Waals surface area contributed by atoms with Crippen LogP contribution in [0.4, 0.5) is 11.4 Å². The Hall–Kier alpha value is -2.64. The number of hydrogen-bond donors (Lipinski definition) is 1. The van der Waals surface area contributed by atoms with Gasteiger partial charge in [-0.3, -0.25) is 4.79 Å². The van der Waals surface area contributed by atoms with Gasteiger partial charge in [-0.05, 0) is 61.4 Å². The zero-order valence-electron chi connectivity index (χ0n) is 17.7. The minimum Gasteiger partial charge on any atom is -0.496 e. The van der Waals surface area contributed by atoms with Gasteiger partial charge in [-0.1, -0.05) is 17.7 Å². The van der Waals surface area contributed by atoms with Gasteiger partial charge in [-0.2, -0.15) is 0 Å². The van der Waals surface area contributed by atoms with Gasteiger partial charge in [0.15, 0.2) is 5.17 Å². The molecule has 0 spiro atoms. The lowest BCUT2D eigenvalue weighted by Gasteiger charge is -2.22. The Labute approximate surface area is 191 Å². The minimum atomic E-state index is -0.201. The van der Waals surface area contributed by atoms with Crippen molar-refractivity contribution in [1.29, 1.82) is 0 Å². The Morgan fingerprint density at radius 2 is 1.87 bits per heavy atom. The van der Waals surface area contributed by atoms with Crippen molar-refractivity contribution in [2.75, 3.05) is 32.2 Å². The van der Waals surface area contributed by atoms with Crippen LogP contribution in [0.5, 0.6) is 11.5 Å². The molecule has 0 unspecified atom stereocenters. The molecule has 6 nitrogen and oxygen atoms in total. The summed E-state index contributed by atoms with van der Waals surface area (Å²) in [5, 5.41) is 3.94. The molecule has 2 saturated heterocycles. The summed E-state index contributed by atoms with van der Waals surface area (Å²) in [6.07, 6.45) is 4.15. The van der Waals surface area contributed by atoms with E-state index in [1.165, 1.54) is 24.6 Å². The van der Waals surface area contributed by atoms with Crippen molar-refractivity contribution in [3.63, 3.8) is 0 Å². The second-order valence-corrected chi connectivity index (χ2v) is 8.84. The highest BCUT2D eigenvalue weighted by atomic mass is 35.5. The molecule has 0 saturated carbocycles. The summed E-state index contributed by atoms with van der Waals surface area (Å²) in [6.45, 7) is 3.95. The monoisotopic (exact) mass is 457 g/mol. The van der Waals surface area contributed by atoms with Crippen LogP contribution in [0.1, 0.15) is 24.0 Å². The Bertz CT molecular complexity index is 1080. The van der Waals surface area contributed by atoms with E-state index in [9.17, 15) is 4.79 Å². The number of halogens is 1. The van der Waals surface area contributed by atoms with Crippen molar-refractivity contribution < 1.29 is 14.3 Å². The van der Waals surface area contributed by atoms with Crippen LogP contribution in [-0.2, 0) is 4.79 Å². The molecule has 0 radical (unpaired) electrons. The lowest BCUT2D eigenvalue weighted by molar-refractivity contribution is -0.115. The quantitative estimate of drug-likeness (QED) is 0.628. The van der Waals surface area contributed by atoms with Crippen LogP contribution in [-0.4, -0.2) is 38.4 Å². The van der Waals surface area contributed by atoms with Gasteiger partial charge in [0.1, 0.15) is 11.5 Å². The molecule has 2 heterocycles. The molecule has 1 N–H and O–H groups in total. The number of carbonyl (C=O) groups is 1. The van der Waals surface area contributed by atoms with Crippen molar-refractivity contribution in [3.05, 3.63) is 51.4 Å². The molecule has 0 bridgehead atoms. The third kappa shape index (κ3) is 4.67. The Morgan fingerprint density at radius 1 is 1.13 bits per heavy atom. The molecule has 2 aromatic carbocycles. The van der Waals surface area contributed by atoms with E-state index < -0.39 is 0 Å². The molecule has 1 amide bonds. The van der Waals surface area contributed by atoms with Gasteiger partial charge in [0, 0.05) is 29.7 Å². The van der Waals surface area contributed by atoms with Crippen molar-refractivity contribution in [2.45, 2.75) is 19.8 Å². The van der Waals surface area contributed by atoms with Gasteiger partial charge < -0.3 is 19.7 Å². The Kier molecular flexibility index (Phi) is 6.43. The number of rotatable bonds is 5. The zero-order chi connectivity index (χ0) is 22.0. The summed E-state index contributed by atoms with van der Waals surface area (Å²) < 4.78 is 11.3. The average Bonchev–Trinajstić information content (AvgIpc) is 3.40. The normalized spacial score (nSPS) is 18.7. The van der Waals surface area contributed by atoms with Crippen LogP contribution in [0, 0.1) is 6.92 Å². The van der Waals surface area contributed by atoms with Crippen molar-refractivity contribution in [2.24, 2.45) is 4.99 Å². The average molecular weight is 458 g/mol. The second kappa shape index (κ2) is 9.24. The molecule has 2 aliphatic heterocycles. The van der Waals surface area contributed by atoms with E-state index in [1.54, 1.807) is 20.3 Å². The van der Waals surface area contributed by atoms with E-state index in [4.69, 9.17) is 21.1 Å². The van der Waals surface area contributed by atoms with E-state index in [0.717, 1.165) is 41.3 Å². The molecule has 4 rings (SSSR count). The van der Waals surface area contributed by atoms with Gasteiger partial charge in [-0.15, -0.1) is 0 Å². The van der Waals surface area contributed by atoms with Crippen LogP contribution >= 0.6 is 23.4 Å². The lowest BCUT2D eigenvalue weighted by atomic mass is 10.1. The molecule has 0 aromatic heterocycles. The number of methoxy groups -OCH3 is 2. The third-order valence-electron chi connectivity index (χ3n) is 5.31. The number of aliphatic imine (C=N–C) groups is 1. The largest absolute Gasteiger partial charge is 0.496 e. The SMILES string of the molecule is COc1cc(N2CCCC2)c(OC)cc1/C=C1\SC(=Nc2cc(Cl)ccc2C)NC1=O. The molecule has 2 aromatic rings. The fourth-order valence-corrected chi connectivity index (χ4v) is 4.65. The van der Waals surface area contributed by atoms with Crippen molar-refractivity contribution in [1.82, 2.24) is 5.32 Å². The first-order chi connectivity index (χ1) is 15.0. The summed E-state index contributed by atoms with van der Waals surface area (Å²) in [6, 6.07) is 9.40. The van der Waals surface area contributed by atoms with E-state index in [2.05, 4.69) is 15.2 Å². The summed E-state index contributed by atoms with van der Waals surface area (Å²) in [5.74, 6) is 1.26. The van der Waals surface area contributed by atoms with Crippen LogP contribution in [0.25, 0.3) is 6.08 Å². The number of amidine groups is 1. The van der Waals surface area contributed by atoms with Gasteiger partial charge in [0.05, 0.1) is 30.5 Å². The molecule has 8 heteroatoms. The van der Waals surface area contributed by atoms with E-state index in [1.807, 2.05) is 37.3 Å². The van der Waals surface area contributed by atoms with E-state index >= 15 is 0 Å². The molecule has 162 valence electrons. The van der Waals surface area contributed by atoms with Crippen molar-refractivity contribution in [3.8, 4) is 11.5 Å².